The summed E-state index contributed by atoms with van der Waals surface area (Å²) in [6.07, 6.45) is 2.70. The monoisotopic (exact) mass is 329 g/mol. The predicted molar refractivity (Wildman–Crippen MR) is 89.4 cm³/mol. The molecule has 0 unspecified atom stereocenters. The van der Waals surface area contributed by atoms with E-state index >= 15 is 0 Å². The first-order valence-electron chi connectivity index (χ1n) is 7.23. The molecule has 0 spiro atoms. The maximum atomic E-state index is 3.67. The second-order valence-electron chi connectivity index (χ2n) is 5.77. The number of hydrogen-bond acceptors (Lipinski definition) is 1. The van der Waals surface area contributed by atoms with Crippen molar-refractivity contribution in [1.82, 2.24) is 0 Å². The van der Waals surface area contributed by atoms with Crippen LogP contribution in [0.15, 0.2) is 40.9 Å². The van der Waals surface area contributed by atoms with Gasteiger partial charge in [0.25, 0.3) is 0 Å². The van der Waals surface area contributed by atoms with Crippen LogP contribution >= 0.6 is 15.9 Å². The third-order valence-corrected chi connectivity index (χ3v) is 4.59. The maximum Gasteiger partial charge on any atom is 0.0517 e. The molecule has 2 aromatic rings. The first-order chi connectivity index (χ1) is 9.65. The van der Waals surface area contributed by atoms with E-state index in [9.17, 15) is 0 Å². The lowest BCUT2D eigenvalue weighted by atomic mass is 10.0. The highest BCUT2D eigenvalue weighted by molar-refractivity contribution is 9.10. The summed E-state index contributed by atoms with van der Waals surface area (Å²) in [5, 5.41) is 3.60. The van der Waals surface area contributed by atoms with Crippen LogP contribution in [0.4, 0.5) is 5.69 Å². The second kappa shape index (κ2) is 5.61. The van der Waals surface area contributed by atoms with Gasteiger partial charge in [0.05, 0.1) is 5.69 Å². The van der Waals surface area contributed by atoms with E-state index in [-0.39, 0.29) is 0 Å². The summed E-state index contributed by atoms with van der Waals surface area (Å²) >= 11 is 3.67. The Morgan fingerprint density at radius 1 is 1.15 bits per heavy atom. The molecule has 104 valence electrons. The van der Waals surface area contributed by atoms with E-state index in [1.807, 2.05) is 0 Å². The lowest BCUT2D eigenvalue weighted by Crippen LogP contribution is -2.04. The Balaban J connectivity index is 1.80. The third kappa shape index (κ3) is 2.90. The fourth-order valence-electron chi connectivity index (χ4n) is 2.81. The fraction of sp³-hybridized carbons (Fsp3) is 0.333. The minimum absolute atomic E-state index is 0.801. The van der Waals surface area contributed by atoms with E-state index < -0.39 is 0 Å². The summed E-state index contributed by atoms with van der Waals surface area (Å²) in [7, 11) is 0. The van der Waals surface area contributed by atoms with Gasteiger partial charge in [0.1, 0.15) is 0 Å². The Labute approximate surface area is 129 Å². The minimum Gasteiger partial charge on any atom is -0.380 e. The summed E-state index contributed by atoms with van der Waals surface area (Å²) in [6.45, 7) is 5.19. The van der Waals surface area contributed by atoms with Crippen LogP contribution in [0, 0.1) is 13.8 Å². The normalized spacial score (nSPS) is 14.3. The summed E-state index contributed by atoms with van der Waals surface area (Å²) in [5.74, 6) is 0.801. The van der Waals surface area contributed by atoms with Crippen molar-refractivity contribution in [2.75, 3.05) is 5.32 Å². The molecule has 2 aromatic carbocycles. The van der Waals surface area contributed by atoms with Gasteiger partial charge in [-0.15, -0.1) is 0 Å². The molecule has 1 aliphatic carbocycles. The van der Waals surface area contributed by atoms with Gasteiger partial charge < -0.3 is 5.32 Å². The third-order valence-electron chi connectivity index (χ3n) is 3.96. The van der Waals surface area contributed by atoms with Gasteiger partial charge in [0, 0.05) is 11.0 Å². The van der Waals surface area contributed by atoms with Crippen molar-refractivity contribution < 1.29 is 0 Å². The molecule has 0 saturated heterocycles. The minimum atomic E-state index is 0.801. The molecule has 3 rings (SSSR count). The largest absolute Gasteiger partial charge is 0.380 e. The molecule has 1 N–H and O–H groups in total. The molecule has 0 aromatic heterocycles. The van der Waals surface area contributed by atoms with E-state index in [4.69, 9.17) is 0 Å². The van der Waals surface area contributed by atoms with Crippen molar-refractivity contribution in [3.8, 4) is 0 Å². The Bertz CT molecular complexity index is 606. The Hall–Kier alpha value is -1.28. The van der Waals surface area contributed by atoms with Gasteiger partial charge in [-0.25, -0.2) is 0 Å². The average Bonchev–Trinajstić information content (AvgIpc) is 3.22. The van der Waals surface area contributed by atoms with Crippen molar-refractivity contribution in [3.05, 3.63) is 63.1 Å². The summed E-state index contributed by atoms with van der Waals surface area (Å²) in [6, 6.07) is 13.2. The molecule has 0 aliphatic heterocycles. The lowest BCUT2D eigenvalue weighted by molar-refractivity contribution is 1.03. The zero-order valence-corrected chi connectivity index (χ0v) is 13.6. The maximum absolute atomic E-state index is 3.67. The van der Waals surface area contributed by atoms with Crippen molar-refractivity contribution in [1.29, 1.82) is 0 Å². The predicted octanol–water partition coefficient (Wildman–Crippen LogP) is 5.56. The number of hydrogen-bond donors (Lipinski definition) is 1. The van der Waals surface area contributed by atoms with Gasteiger partial charge in [0.15, 0.2) is 0 Å². The Morgan fingerprint density at radius 2 is 1.90 bits per heavy atom. The van der Waals surface area contributed by atoms with Crippen molar-refractivity contribution in [3.63, 3.8) is 0 Å². The summed E-state index contributed by atoms with van der Waals surface area (Å²) in [5.41, 5.74) is 6.75. The van der Waals surface area contributed by atoms with Gasteiger partial charge in [0.2, 0.25) is 0 Å². The van der Waals surface area contributed by atoms with Crippen molar-refractivity contribution in [2.45, 2.75) is 39.2 Å². The Kier molecular flexibility index (Phi) is 3.84. The van der Waals surface area contributed by atoms with Gasteiger partial charge in [-0.2, -0.15) is 0 Å². The molecule has 2 heteroatoms. The van der Waals surface area contributed by atoms with Crippen molar-refractivity contribution in [2.24, 2.45) is 0 Å². The van der Waals surface area contributed by atoms with Gasteiger partial charge in [-0.1, -0.05) is 30.3 Å². The molecule has 0 atom stereocenters. The van der Waals surface area contributed by atoms with Crippen LogP contribution in [0.25, 0.3) is 0 Å². The van der Waals surface area contributed by atoms with Crippen LogP contribution in [-0.2, 0) is 6.54 Å². The highest BCUT2D eigenvalue weighted by Gasteiger charge is 2.25. The van der Waals surface area contributed by atoms with E-state index in [0.717, 1.165) is 16.9 Å². The second-order valence-corrected chi connectivity index (χ2v) is 6.62. The van der Waals surface area contributed by atoms with Crippen LogP contribution in [0.1, 0.15) is 41.0 Å². The number of nitrogens with one attached hydrogen (secondary N) is 1. The van der Waals surface area contributed by atoms with Crippen LogP contribution in [0.2, 0.25) is 0 Å². The standard InChI is InChI=1S/C18H20BrN/c1-12-9-13(2)18(17(19)10-12)20-11-15-5-3-4-6-16(15)14-7-8-14/h3-6,9-10,14,20H,7-8,11H2,1-2H3. The fourth-order valence-corrected chi connectivity index (χ4v) is 3.62. The van der Waals surface area contributed by atoms with Crippen LogP contribution in [0.3, 0.4) is 0 Å². The van der Waals surface area contributed by atoms with E-state index in [0.29, 0.717) is 0 Å². The van der Waals surface area contributed by atoms with Crippen LogP contribution in [-0.4, -0.2) is 0 Å². The van der Waals surface area contributed by atoms with Gasteiger partial charge >= 0.3 is 0 Å². The zero-order chi connectivity index (χ0) is 14.1. The number of anilines is 1. The quantitative estimate of drug-likeness (QED) is 0.774. The SMILES string of the molecule is Cc1cc(C)c(NCc2ccccc2C2CC2)c(Br)c1. The average molecular weight is 330 g/mol. The van der Waals surface area contributed by atoms with Crippen LogP contribution in [0.5, 0.6) is 0 Å². The smallest absolute Gasteiger partial charge is 0.0517 e. The Morgan fingerprint density at radius 3 is 2.60 bits per heavy atom. The molecule has 1 fully saturated rings. The number of benzene rings is 2. The topological polar surface area (TPSA) is 12.0 Å². The molecule has 20 heavy (non-hydrogen) atoms. The molecule has 0 heterocycles. The van der Waals surface area contributed by atoms with E-state index in [1.165, 1.54) is 40.8 Å². The molecular weight excluding hydrogens is 310 g/mol. The van der Waals surface area contributed by atoms with E-state index in [1.54, 1.807) is 0 Å². The first-order valence-corrected chi connectivity index (χ1v) is 8.03. The molecule has 1 saturated carbocycles. The highest BCUT2D eigenvalue weighted by Crippen LogP contribution is 2.41. The van der Waals surface area contributed by atoms with Crippen molar-refractivity contribution >= 4 is 21.6 Å². The molecule has 0 bridgehead atoms. The number of aryl methyl sites for hydroxylation is 2. The highest BCUT2D eigenvalue weighted by atomic mass is 79.9. The molecule has 0 radical (unpaired) electrons. The van der Waals surface area contributed by atoms with Gasteiger partial charge in [-0.05, 0) is 76.9 Å². The summed E-state index contributed by atoms with van der Waals surface area (Å²) in [4.78, 5) is 0. The number of rotatable bonds is 4. The molecular formula is C18H20BrN. The summed E-state index contributed by atoms with van der Waals surface area (Å²) < 4.78 is 1.15. The van der Waals surface area contributed by atoms with Gasteiger partial charge in [-0.3, -0.25) is 0 Å². The lowest BCUT2D eigenvalue weighted by Gasteiger charge is -2.15. The molecule has 0 amide bonds. The first kappa shape index (κ1) is 13.7. The molecule has 1 nitrogen and oxygen atoms in total. The molecule has 1 aliphatic rings. The van der Waals surface area contributed by atoms with E-state index in [2.05, 4.69) is 71.5 Å². The van der Waals surface area contributed by atoms with Crippen LogP contribution < -0.4 is 5.32 Å². The number of halogens is 1. The zero-order valence-electron chi connectivity index (χ0n) is 12.0.